The van der Waals surface area contributed by atoms with Gasteiger partial charge in [0.25, 0.3) is 5.91 Å². The summed E-state index contributed by atoms with van der Waals surface area (Å²) in [6, 6.07) is -3.22. The number of nitrogens with one attached hydrogen (secondary N) is 3. The highest BCUT2D eigenvalue weighted by Crippen LogP contribution is 2.32. The molecule has 0 bridgehead atoms. The van der Waals surface area contributed by atoms with Crippen molar-refractivity contribution >= 4 is 36.1 Å². The van der Waals surface area contributed by atoms with Crippen molar-refractivity contribution in [2.45, 2.75) is 87.6 Å². The maximum Gasteiger partial charge on any atom is 0.325 e. The minimum atomic E-state index is -3.22. The molecule has 1 heterocycles. The standard InChI is InChI=1S/C20H35FN4O11.ClH/c1-8(16(30)25-9(2)19(33)34)24-17(31)10(22)5-3-4-6-23-18(32)14(21)20(35)15(29)13(28)12(27)11(7-26)36-20;/h8-15,26-29,35H,3-7,22H2,1-2H3,(H,23,32)(H,24,31)(H,25,30)(H,33,34);1H/t8-,9-,10-,11+,12-,13-,14?,15+,20-;/m0./s1. The number of alkyl halides is 1. The zero-order valence-electron chi connectivity index (χ0n) is 20.2. The van der Waals surface area contributed by atoms with E-state index in [-0.39, 0.29) is 38.2 Å². The molecule has 17 heteroatoms. The smallest absolute Gasteiger partial charge is 0.325 e. The van der Waals surface area contributed by atoms with Crippen molar-refractivity contribution < 1.29 is 58.9 Å². The number of carboxylic acid groups (broad SMARTS) is 1. The van der Waals surface area contributed by atoms with Crippen molar-refractivity contribution in [3.05, 3.63) is 0 Å². The summed E-state index contributed by atoms with van der Waals surface area (Å²) in [5.74, 6) is -7.24. The first kappa shape index (κ1) is 34.8. The summed E-state index contributed by atoms with van der Waals surface area (Å²) in [5, 5.41) is 64.2. The average molecular weight is 563 g/mol. The van der Waals surface area contributed by atoms with Crippen LogP contribution in [0.4, 0.5) is 4.39 Å². The van der Waals surface area contributed by atoms with Gasteiger partial charge in [-0.1, -0.05) is 0 Å². The van der Waals surface area contributed by atoms with E-state index < -0.39 is 84.8 Å². The number of carbonyl (C=O) groups excluding carboxylic acids is 3. The van der Waals surface area contributed by atoms with Gasteiger partial charge in [-0.15, -0.1) is 12.4 Å². The van der Waals surface area contributed by atoms with Gasteiger partial charge in [-0.3, -0.25) is 19.2 Å². The van der Waals surface area contributed by atoms with Gasteiger partial charge in [0.05, 0.1) is 12.6 Å². The van der Waals surface area contributed by atoms with E-state index in [4.69, 9.17) is 20.7 Å². The number of aliphatic hydroxyl groups is 5. The molecule has 216 valence electrons. The van der Waals surface area contributed by atoms with Gasteiger partial charge in [0.2, 0.25) is 23.8 Å². The topological polar surface area (TPSA) is 261 Å². The quantitative estimate of drug-likeness (QED) is 0.0954. The molecule has 1 unspecified atom stereocenters. The Kier molecular flexibility index (Phi) is 14.4. The molecule has 15 nitrogen and oxygen atoms in total. The monoisotopic (exact) mass is 562 g/mol. The van der Waals surface area contributed by atoms with Gasteiger partial charge in [0.15, 0.2) is 0 Å². The Morgan fingerprint density at radius 3 is 2.11 bits per heavy atom. The average Bonchev–Trinajstić information content (AvgIpc) is 2.83. The van der Waals surface area contributed by atoms with Crippen LogP contribution in [0.1, 0.15) is 33.1 Å². The molecule has 1 aliphatic rings. The van der Waals surface area contributed by atoms with E-state index >= 15 is 0 Å². The number of hydrogen-bond donors (Lipinski definition) is 10. The number of aliphatic carboxylic acids is 1. The fourth-order valence-electron chi connectivity index (χ4n) is 3.28. The number of rotatable bonds is 13. The van der Waals surface area contributed by atoms with Gasteiger partial charge < -0.3 is 57.1 Å². The molecule has 0 saturated carbocycles. The number of hydrogen-bond acceptors (Lipinski definition) is 11. The second-order valence-electron chi connectivity index (χ2n) is 8.57. The third-order valence-corrected chi connectivity index (χ3v) is 5.65. The molecule has 1 aliphatic heterocycles. The number of carboxylic acids is 1. The van der Waals surface area contributed by atoms with Crippen LogP contribution in [0.2, 0.25) is 0 Å². The molecule has 0 aromatic rings. The number of nitrogens with two attached hydrogens (primary N) is 1. The van der Waals surface area contributed by atoms with E-state index in [0.717, 1.165) is 0 Å². The number of carbonyl (C=O) groups is 4. The summed E-state index contributed by atoms with van der Waals surface area (Å²) < 4.78 is 19.4. The van der Waals surface area contributed by atoms with Crippen LogP contribution in [-0.4, -0.2) is 122 Å². The summed E-state index contributed by atoms with van der Waals surface area (Å²) >= 11 is 0. The van der Waals surface area contributed by atoms with Crippen molar-refractivity contribution in [3.63, 3.8) is 0 Å². The highest BCUT2D eigenvalue weighted by Gasteiger charge is 2.59. The Labute approximate surface area is 218 Å². The van der Waals surface area contributed by atoms with Gasteiger partial charge in [0.1, 0.15) is 36.5 Å². The molecule has 1 saturated heterocycles. The van der Waals surface area contributed by atoms with Gasteiger partial charge in [-0.2, -0.15) is 0 Å². The lowest BCUT2D eigenvalue weighted by atomic mass is 9.89. The van der Waals surface area contributed by atoms with Crippen LogP contribution in [0.5, 0.6) is 0 Å². The summed E-state index contributed by atoms with van der Waals surface area (Å²) in [7, 11) is 0. The Morgan fingerprint density at radius 2 is 1.57 bits per heavy atom. The molecular weight excluding hydrogens is 527 g/mol. The number of halogens is 2. The highest BCUT2D eigenvalue weighted by atomic mass is 35.5. The first-order valence-corrected chi connectivity index (χ1v) is 11.2. The largest absolute Gasteiger partial charge is 0.480 e. The zero-order valence-corrected chi connectivity index (χ0v) is 21.1. The zero-order chi connectivity index (χ0) is 27.8. The molecule has 1 rings (SSSR count). The Balaban J connectivity index is 0.0000130. The van der Waals surface area contributed by atoms with Crippen LogP contribution < -0.4 is 21.7 Å². The van der Waals surface area contributed by atoms with Crippen LogP contribution in [0.25, 0.3) is 0 Å². The molecule has 0 radical (unpaired) electrons. The van der Waals surface area contributed by atoms with Crippen LogP contribution in [0.15, 0.2) is 0 Å². The second kappa shape index (κ2) is 15.3. The fraction of sp³-hybridized carbons (Fsp3) is 0.800. The SMILES string of the molecule is C[C@H](NC(=O)[C@H](C)NC(=O)[C@@H](N)CCCCNC(=O)C(F)[C@]1(O)O[C@H](CO)[C@H](O)[C@H](O)[C@H]1O)C(=O)O.Cl. The van der Waals surface area contributed by atoms with Crippen LogP contribution in [0.3, 0.4) is 0 Å². The number of amides is 3. The molecule has 0 aromatic heterocycles. The second-order valence-corrected chi connectivity index (χ2v) is 8.57. The lowest BCUT2D eigenvalue weighted by Gasteiger charge is -2.46. The third kappa shape index (κ3) is 9.26. The first-order valence-electron chi connectivity index (χ1n) is 11.2. The Hall–Kier alpha value is -2.18. The Bertz CT molecular complexity index is 795. The summed E-state index contributed by atoms with van der Waals surface area (Å²) in [6.45, 7) is 1.55. The normalized spacial score (nSPS) is 28.6. The van der Waals surface area contributed by atoms with Gasteiger partial charge in [0, 0.05) is 6.54 Å². The van der Waals surface area contributed by atoms with Crippen LogP contribution in [0, 0.1) is 0 Å². The Morgan fingerprint density at radius 1 is 1.00 bits per heavy atom. The van der Waals surface area contributed by atoms with E-state index in [0.29, 0.717) is 0 Å². The van der Waals surface area contributed by atoms with Gasteiger partial charge in [-0.25, -0.2) is 4.39 Å². The van der Waals surface area contributed by atoms with E-state index in [9.17, 15) is 44.0 Å². The number of aliphatic hydroxyl groups excluding tert-OH is 4. The van der Waals surface area contributed by atoms with E-state index in [1.807, 2.05) is 0 Å². The number of unbranched alkanes of at least 4 members (excludes halogenated alkanes) is 1. The minimum absolute atomic E-state index is 0. The van der Waals surface area contributed by atoms with Gasteiger partial charge >= 0.3 is 5.97 Å². The lowest BCUT2D eigenvalue weighted by Crippen LogP contribution is -2.70. The van der Waals surface area contributed by atoms with Crippen molar-refractivity contribution in [2.75, 3.05) is 13.2 Å². The molecule has 9 atom stereocenters. The highest BCUT2D eigenvalue weighted by molar-refractivity contribution is 5.91. The molecule has 0 aliphatic carbocycles. The molecule has 1 fully saturated rings. The molecule has 3 amide bonds. The van der Waals surface area contributed by atoms with Crippen molar-refractivity contribution in [1.29, 1.82) is 0 Å². The molecule has 0 spiro atoms. The van der Waals surface area contributed by atoms with Crippen LogP contribution in [-0.2, 0) is 23.9 Å². The van der Waals surface area contributed by atoms with E-state index in [2.05, 4.69) is 16.0 Å². The van der Waals surface area contributed by atoms with Crippen molar-refractivity contribution in [1.82, 2.24) is 16.0 Å². The third-order valence-electron chi connectivity index (χ3n) is 5.65. The summed E-state index contributed by atoms with van der Waals surface area (Å²) in [6.07, 6.45) is -10.2. The fourth-order valence-corrected chi connectivity index (χ4v) is 3.28. The van der Waals surface area contributed by atoms with Crippen LogP contribution >= 0.6 is 12.4 Å². The molecular formula is C20H36ClFN4O11. The molecule has 0 aromatic carbocycles. The van der Waals surface area contributed by atoms with Gasteiger partial charge in [-0.05, 0) is 33.1 Å². The maximum atomic E-state index is 14.6. The maximum absolute atomic E-state index is 14.6. The number of ether oxygens (including phenoxy) is 1. The first-order chi connectivity index (χ1) is 16.7. The molecule has 11 N–H and O–H groups in total. The van der Waals surface area contributed by atoms with E-state index in [1.54, 1.807) is 0 Å². The summed E-state index contributed by atoms with van der Waals surface area (Å²) in [4.78, 5) is 46.8. The predicted octanol–water partition coefficient (Wildman–Crippen LogP) is -4.38. The molecule has 37 heavy (non-hydrogen) atoms. The lowest BCUT2D eigenvalue weighted by molar-refractivity contribution is -0.363. The summed E-state index contributed by atoms with van der Waals surface area (Å²) in [5.41, 5.74) is 5.76. The minimum Gasteiger partial charge on any atom is -0.480 e. The van der Waals surface area contributed by atoms with E-state index in [1.165, 1.54) is 13.8 Å². The van der Waals surface area contributed by atoms with Crippen molar-refractivity contribution in [3.8, 4) is 0 Å². The van der Waals surface area contributed by atoms with Crippen molar-refractivity contribution in [2.24, 2.45) is 5.73 Å². The predicted molar refractivity (Wildman–Crippen MR) is 125 cm³/mol.